The van der Waals surface area contributed by atoms with Crippen LogP contribution in [0.5, 0.6) is 0 Å². The van der Waals surface area contributed by atoms with E-state index in [1.807, 2.05) is 6.07 Å². The summed E-state index contributed by atoms with van der Waals surface area (Å²) in [5.41, 5.74) is 6.06. The first-order valence-corrected chi connectivity index (χ1v) is 6.92. The van der Waals surface area contributed by atoms with Gasteiger partial charge in [0.25, 0.3) is 0 Å². The molecule has 2 nitrogen and oxygen atoms in total. The lowest BCUT2D eigenvalue weighted by atomic mass is 9.98. The number of aryl methyl sites for hydroxylation is 4. The van der Waals surface area contributed by atoms with Gasteiger partial charge in [-0.25, -0.2) is 9.97 Å². The van der Waals surface area contributed by atoms with Gasteiger partial charge in [-0.15, -0.1) is 0 Å². The molecule has 0 saturated carbocycles. The second kappa shape index (κ2) is 5.19. The predicted molar refractivity (Wildman–Crippen MR) is 78.8 cm³/mol. The van der Waals surface area contributed by atoms with Crippen molar-refractivity contribution in [2.24, 2.45) is 0 Å². The highest BCUT2D eigenvalue weighted by Crippen LogP contribution is 2.26. The Morgan fingerprint density at radius 1 is 0.944 bits per heavy atom. The second-order valence-electron chi connectivity index (χ2n) is 4.60. The molecular formula is C15H17BrN2. The summed E-state index contributed by atoms with van der Waals surface area (Å²) < 4.78 is 0.849. The van der Waals surface area contributed by atoms with Gasteiger partial charge in [0.15, 0.2) is 0 Å². The highest BCUT2D eigenvalue weighted by molar-refractivity contribution is 9.10. The number of hydrogen-bond donors (Lipinski definition) is 0. The summed E-state index contributed by atoms with van der Waals surface area (Å²) in [5.74, 6) is 0.872. The third kappa shape index (κ3) is 2.61. The fourth-order valence-corrected chi connectivity index (χ4v) is 2.42. The molecule has 1 heterocycles. The van der Waals surface area contributed by atoms with Crippen molar-refractivity contribution in [2.75, 3.05) is 0 Å². The molecule has 0 spiro atoms. The molecule has 2 aromatic rings. The van der Waals surface area contributed by atoms with Gasteiger partial charge in [0, 0.05) is 12.0 Å². The van der Waals surface area contributed by atoms with Crippen LogP contribution in [0.25, 0.3) is 11.3 Å². The molecule has 94 valence electrons. The zero-order chi connectivity index (χ0) is 13.3. The lowest BCUT2D eigenvalue weighted by molar-refractivity contribution is 0.931. The van der Waals surface area contributed by atoms with Gasteiger partial charge < -0.3 is 0 Å². The van der Waals surface area contributed by atoms with Crippen LogP contribution in [0, 0.1) is 20.8 Å². The van der Waals surface area contributed by atoms with Crippen molar-refractivity contribution in [2.45, 2.75) is 34.1 Å². The maximum absolute atomic E-state index is 4.61. The van der Waals surface area contributed by atoms with E-state index in [-0.39, 0.29) is 0 Å². The van der Waals surface area contributed by atoms with Gasteiger partial charge >= 0.3 is 0 Å². The molecule has 0 amide bonds. The normalized spacial score (nSPS) is 10.7. The summed E-state index contributed by atoms with van der Waals surface area (Å²) in [4.78, 5) is 8.97. The van der Waals surface area contributed by atoms with Crippen LogP contribution in [0.2, 0.25) is 0 Å². The summed E-state index contributed by atoms with van der Waals surface area (Å²) in [6, 6.07) is 6.40. The molecule has 0 bridgehead atoms. The van der Waals surface area contributed by atoms with Crippen molar-refractivity contribution in [1.29, 1.82) is 0 Å². The van der Waals surface area contributed by atoms with Crippen molar-refractivity contribution in [3.8, 4) is 11.3 Å². The Morgan fingerprint density at radius 3 is 2.28 bits per heavy atom. The first kappa shape index (κ1) is 13.2. The monoisotopic (exact) mass is 304 g/mol. The predicted octanol–water partition coefficient (Wildman–Crippen LogP) is 4.39. The minimum Gasteiger partial charge on any atom is -0.233 e. The molecule has 0 aliphatic rings. The first-order valence-electron chi connectivity index (χ1n) is 6.13. The van der Waals surface area contributed by atoms with Crippen LogP contribution in [-0.2, 0) is 6.42 Å². The van der Waals surface area contributed by atoms with Crippen LogP contribution in [-0.4, -0.2) is 9.97 Å². The molecule has 18 heavy (non-hydrogen) atoms. The second-order valence-corrected chi connectivity index (χ2v) is 5.41. The van der Waals surface area contributed by atoms with Crippen molar-refractivity contribution in [1.82, 2.24) is 9.97 Å². The molecule has 0 N–H and O–H groups in total. The standard InChI is InChI=1S/C15H17BrN2/c1-5-15-17-13(8-14(16)18-15)12-7-10(3)9(2)6-11(12)4/h6-8H,5H2,1-4H3. The van der Waals surface area contributed by atoms with Gasteiger partial charge in [-0.3, -0.25) is 0 Å². The topological polar surface area (TPSA) is 25.8 Å². The van der Waals surface area contributed by atoms with Crippen molar-refractivity contribution >= 4 is 15.9 Å². The molecule has 2 rings (SSSR count). The number of hydrogen-bond acceptors (Lipinski definition) is 2. The smallest absolute Gasteiger partial charge is 0.130 e. The third-order valence-corrected chi connectivity index (χ3v) is 3.58. The molecular weight excluding hydrogens is 288 g/mol. The van der Waals surface area contributed by atoms with Gasteiger partial charge in [0.05, 0.1) is 5.69 Å². The maximum Gasteiger partial charge on any atom is 0.130 e. The van der Waals surface area contributed by atoms with E-state index in [2.05, 4.69) is 65.7 Å². The Labute approximate surface area is 117 Å². The average Bonchev–Trinajstić information content (AvgIpc) is 2.33. The summed E-state index contributed by atoms with van der Waals surface area (Å²) >= 11 is 3.46. The van der Waals surface area contributed by atoms with Gasteiger partial charge in [-0.1, -0.05) is 13.0 Å². The zero-order valence-corrected chi connectivity index (χ0v) is 12.8. The SMILES string of the molecule is CCc1nc(Br)cc(-c2cc(C)c(C)cc2C)n1. The highest BCUT2D eigenvalue weighted by Gasteiger charge is 2.08. The van der Waals surface area contributed by atoms with E-state index >= 15 is 0 Å². The lowest BCUT2D eigenvalue weighted by Gasteiger charge is -2.10. The molecule has 1 aromatic carbocycles. The Bertz CT molecular complexity index is 591. The Hall–Kier alpha value is -1.22. The van der Waals surface area contributed by atoms with Gasteiger partial charge in [0.1, 0.15) is 10.4 Å². The molecule has 0 fully saturated rings. The van der Waals surface area contributed by atoms with Crippen molar-refractivity contribution in [3.63, 3.8) is 0 Å². The van der Waals surface area contributed by atoms with Crippen LogP contribution in [0.15, 0.2) is 22.8 Å². The van der Waals surface area contributed by atoms with Gasteiger partial charge in [0.2, 0.25) is 0 Å². The fraction of sp³-hybridized carbons (Fsp3) is 0.333. The van der Waals surface area contributed by atoms with E-state index in [1.165, 1.54) is 22.3 Å². The molecule has 0 radical (unpaired) electrons. The molecule has 1 aromatic heterocycles. The van der Waals surface area contributed by atoms with Crippen LogP contribution < -0.4 is 0 Å². The average molecular weight is 305 g/mol. The van der Waals surface area contributed by atoms with Gasteiger partial charge in [-0.2, -0.15) is 0 Å². The molecule has 0 saturated heterocycles. The quantitative estimate of drug-likeness (QED) is 0.769. The van der Waals surface area contributed by atoms with E-state index in [1.54, 1.807) is 0 Å². The molecule has 0 aliphatic heterocycles. The van der Waals surface area contributed by atoms with Gasteiger partial charge in [-0.05, 0) is 65.5 Å². The number of rotatable bonds is 2. The van der Waals surface area contributed by atoms with E-state index in [0.29, 0.717) is 0 Å². The molecule has 3 heteroatoms. The summed E-state index contributed by atoms with van der Waals surface area (Å²) in [5, 5.41) is 0. The summed E-state index contributed by atoms with van der Waals surface area (Å²) in [7, 11) is 0. The zero-order valence-electron chi connectivity index (χ0n) is 11.2. The Kier molecular flexibility index (Phi) is 3.81. The first-order chi connectivity index (χ1) is 8.51. The van der Waals surface area contributed by atoms with Crippen LogP contribution in [0.1, 0.15) is 29.4 Å². The maximum atomic E-state index is 4.61. The fourth-order valence-electron chi connectivity index (χ4n) is 2.00. The Balaban J connectivity index is 2.61. The third-order valence-electron chi connectivity index (χ3n) is 3.17. The number of halogens is 1. The molecule has 0 unspecified atom stereocenters. The van der Waals surface area contributed by atoms with Crippen molar-refractivity contribution < 1.29 is 0 Å². The van der Waals surface area contributed by atoms with E-state index < -0.39 is 0 Å². The number of nitrogens with zero attached hydrogens (tertiary/aromatic N) is 2. The summed E-state index contributed by atoms with van der Waals surface area (Å²) in [6.07, 6.45) is 0.844. The minimum atomic E-state index is 0.844. The number of aromatic nitrogens is 2. The van der Waals surface area contributed by atoms with E-state index in [0.717, 1.165) is 22.5 Å². The van der Waals surface area contributed by atoms with E-state index in [9.17, 15) is 0 Å². The molecule has 0 aliphatic carbocycles. The minimum absolute atomic E-state index is 0.844. The Morgan fingerprint density at radius 2 is 1.61 bits per heavy atom. The van der Waals surface area contributed by atoms with E-state index in [4.69, 9.17) is 0 Å². The summed E-state index contributed by atoms with van der Waals surface area (Å²) in [6.45, 7) is 8.47. The number of benzene rings is 1. The molecule has 0 atom stereocenters. The van der Waals surface area contributed by atoms with Crippen molar-refractivity contribution in [3.05, 3.63) is 45.3 Å². The van der Waals surface area contributed by atoms with Crippen LogP contribution in [0.4, 0.5) is 0 Å². The largest absolute Gasteiger partial charge is 0.233 e. The van der Waals surface area contributed by atoms with Crippen LogP contribution in [0.3, 0.4) is 0 Å². The van der Waals surface area contributed by atoms with Crippen LogP contribution >= 0.6 is 15.9 Å². The highest BCUT2D eigenvalue weighted by atomic mass is 79.9. The lowest BCUT2D eigenvalue weighted by Crippen LogP contribution is -1.97.